The van der Waals surface area contributed by atoms with E-state index < -0.39 is 21.9 Å². The maximum absolute atomic E-state index is 12.6. The second kappa shape index (κ2) is 7.03. The van der Waals surface area contributed by atoms with E-state index in [4.69, 9.17) is 5.11 Å². The monoisotopic (exact) mass is 388 g/mol. The lowest BCUT2D eigenvalue weighted by Crippen LogP contribution is -2.25. The lowest BCUT2D eigenvalue weighted by molar-refractivity contribution is -0.141. The van der Waals surface area contributed by atoms with Crippen molar-refractivity contribution in [1.82, 2.24) is 0 Å². The number of aryl methyl sites for hydroxylation is 1. The Morgan fingerprint density at radius 3 is 2.41 bits per heavy atom. The van der Waals surface area contributed by atoms with Crippen LogP contribution in [0.4, 0.5) is 11.4 Å². The van der Waals surface area contributed by atoms with Crippen molar-refractivity contribution in [3.63, 3.8) is 0 Å². The molecule has 142 valence electrons. The quantitative estimate of drug-likeness (QED) is 0.819. The minimum absolute atomic E-state index is 0.0520. The van der Waals surface area contributed by atoms with E-state index >= 15 is 0 Å². The summed E-state index contributed by atoms with van der Waals surface area (Å²) in [4.78, 5) is 24.5. The maximum atomic E-state index is 12.6. The van der Waals surface area contributed by atoms with Crippen molar-refractivity contribution in [2.45, 2.75) is 25.2 Å². The molecule has 8 heteroatoms. The molecule has 0 bridgehead atoms. The summed E-state index contributed by atoms with van der Waals surface area (Å²) in [6.45, 7) is 3.83. The van der Waals surface area contributed by atoms with Crippen molar-refractivity contribution in [2.24, 2.45) is 5.92 Å². The molecule has 1 saturated heterocycles. The van der Waals surface area contributed by atoms with Gasteiger partial charge in [-0.25, -0.2) is 8.42 Å². The number of carbonyl (C=O) groups is 2. The molecular weight excluding hydrogens is 368 g/mol. The number of aliphatic carboxylic acids is 1. The molecule has 0 saturated carbocycles. The Balaban J connectivity index is 1.81. The van der Waals surface area contributed by atoms with Crippen LogP contribution in [0, 0.1) is 19.8 Å². The number of carboxylic acids is 1. The number of benzene rings is 2. The Bertz CT molecular complexity index is 999. The Labute approximate surface area is 157 Å². The lowest BCUT2D eigenvalue weighted by atomic mass is 10.1. The van der Waals surface area contributed by atoms with Crippen LogP contribution in [0.3, 0.4) is 0 Å². The molecule has 0 spiro atoms. The summed E-state index contributed by atoms with van der Waals surface area (Å²) in [6.07, 6.45) is -0.0520. The number of amides is 1. The molecule has 2 N–H and O–H groups in total. The van der Waals surface area contributed by atoms with E-state index in [9.17, 15) is 18.0 Å². The number of nitrogens with one attached hydrogen (secondary N) is 1. The van der Waals surface area contributed by atoms with Gasteiger partial charge in [-0.1, -0.05) is 12.1 Å². The van der Waals surface area contributed by atoms with Gasteiger partial charge in [0, 0.05) is 18.7 Å². The summed E-state index contributed by atoms with van der Waals surface area (Å²) in [5, 5.41) is 9.06. The normalized spacial score (nSPS) is 17.2. The van der Waals surface area contributed by atoms with Gasteiger partial charge >= 0.3 is 5.97 Å². The fourth-order valence-electron chi connectivity index (χ4n) is 2.99. The molecule has 1 heterocycles. The average molecular weight is 388 g/mol. The smallest absolute Gasteiger partial charge is 0.308 e. The number of carbonyl (C=O) groups excluding carboxylic acids is 1. The zero-order chi connectivity index (χ0) is 19.8. The Hall–Kier alpha value is -2.87. The SMILES string of the molecule is Cc1cccc(NS(=O)(=O)c2ccc(N3C[C@@H](C(=O)O)CC3=O)cc2)c1C. The van der Waals surface area contributed by atoms with E-state index in [2.05, 4.69) is 4.72 Å². The Morgan fingerprint density at radius 1 is 1.15 bits per heavy atom. The molecule has 0 unspecified atom stereocenters. The van der Waals surface area contributed by atoms with Crippen LogP contribution < -0.4 is 9.62 Å². The Kier molecular flexibility index (Phi) is 4.93. The first-order valence-corrected chi connectivity index (χ1v) is 9.89. The first-order valence-electron chi connectivity index (χ1n) is 8.41. The van der Waals surface area contributed by atoms with Gasteiger partial charge in [-0.3, -0.25) is 14.3 Å². The second-order valence-corrected chi connectivity index (χ2v) is 8.27. The van der Waals surface area contributed by atoms with E-state index in [1.807, 2.05) is 19.9 Å². The molecule has 2 aromatic carbocycles. The Morgan fingerprint density at radius 2 is 1.81 bits per heavy atom. The second-order valence-electron chi connectivity index (χ2n) is 6.59. The standard InChI is InChI=1S/C19H20N2O5S/c1-12-4-3-5-17(13(12)2)20-27(25,26)16-8-6-15(7-9-16)21-11-14(19(23)24)10-18(21)22/h3-9,14,20H,10-11H2,1-2H3,(H,23,24)/t14-/m0/s1. The van der Waals surface area contributed by atoms with Gasteiger partial charge in [-0.05, 0) is 55.3 Å². The van der Waals surface area contributed by atoms with Crippen LogP contribution in [0.15, 0.2) is 47.4 Å². The van der Waals surface area contributed by atoms with Crippen LogP contribution in [0.1, 0.15) is 17.5 Å². The van der Waals surface area contributed by atoms with Crippen LogP contribution in [0.25, 0.3) is 0 Å². The molecule has 1 aliphatic rings. The number of carboxylic acid groups (broad SMARTS) is 1. The molecule has 2 aromatic rings. The topological polar surface area (TPSA) is 104 Å². The molecule has 27 heavy (non-hydrogen) atoms. The molecule has 0 radical (unpaired) electrons. The highest BCUT2D eigenvalue weighted by atomic mass is 32.2. The number of nitrogens with zero attached hydrogens (tertiary/aromatic N) is 1. The van der Waals surface area contributed by atoms with Crippen molar-refractivity contribution in [1.29, 1.82) is 0 Å². The minimum atomic E-state index is -3.78. The van der Waals surface area contributed by atoms with Crippen LogP contribution in [0.2, 0.25) is 0 Å². The van der Waals surface area contributed by atoms with Crippen molar-refractivity contribution in [3.8, 4) is 0 Å². The predicted octanol–water partition coefficient (Wildman–Crippen LogP) is 2.54. The van der Waals surface area contributed by atoms with Crippen molar-refractivity contribution in [3.05, 3.63) is 53.6 Å². The van der Waals surface area contributed by atoms with E-state index in [0.29, 0.717) is 11.4 Å². The van der Waals surface area contributed by atoms with Gasteiger partial charge in [-0.2, -0.15) is 0 Å². The fraction of sp³-hybridized carbons (Fsp3) is 0.263. The average Bonchev–Trinajstić information content (AvgIpc) is 3.01. The largest absolute Gasteiger partial charge is 0.481 e. The summed E-state index contributed by atoms with van der Waals surface area (Å²) < 4.78 is 27.8. The summed E-state index contributed by atoms with van der Waals surface area (Å²) >= 11 is 0. The van der Waals surface area contributed by atoms with Crippen LogP contribution >= 0.6 is 0 Å². The molecule has 1 atom stereocenters. The van der Waals surface area contributed by atoms with Gasteiger partial charge in [-0.15, -0.1) is 0 Å². The van der Waals surface area contributed by atoms with Crippen molar-refractivity contribution < 1.29 is 23.1 Å². The summed E-state index contributed by atoms with van der Waals surface area (Å²) in [5.41, 5.74) is 2.82. The van der Waals surface area contributed by atoms with Gasteiger partial charge in [0.15, 0.2) is 0 Å². The van der Waals surface area contributed by atoms with Crippen LogP contribution in [-0.2, 0) is 19.6 Å². The van der Waals surface area contributed by atoms with Crippen molar-refractivity contribution in [2.75, 3.05) is 16.2 Å². The van der Waals surface area contributed by atoms with E-state index in [1.54, 1.807) is 12.1 Å². The first-order chi connectivity index (χ1) is 12.7. The fourth-order valence-corrected chi connectivity index (χ4v) is 4.12. The zero-order valence-electron chi connectivity index (χ0n) is 15.0. The lowest BCUT2D eigenvalue weighted by Gasteiger charge is -2.17. The summed E-state index contributed by atoms with van der Waals surface area (Å²) in [7, 11) is -3.78. The van der Waals surface area contributed by atoms with E-state index in [1.165, 1.54) is 29.2 Å². The minimum Gasteiger partial charge on any atom is -0.481 e. The van der Waals surface area contributed by atoms with Crippen LogP contribution in [0.5, 0.6) is 0 Å². The molecule has 1 aliphatic heterocycles. The third-order valence-corrected chi connectivity index (χ3v) is 6.16. The highest BCUT2D eigenvalue weighted by Crippen LogP contribution is 2.27. The number of anilines is 2. The van der Waals surface area contributed by atoms with Gasteiger partial charge in [0.2, 0.25) is 5.91 Å². The van der Waals surface area contributed by atoms with Crippen LogP contribution in [-0.4, -0.2) is 31.9 Å². The number of hydrogen-bond acceptors (Lipinski definition) is 4. The molecule has 7 nitrogen and oxygen atoms in total. The third-order valence-electron chi connectivity index (χ3n) is 4.78. The summed E-state index contributed by atoms with van der Waals surface area (Å²) in [5.74, 6) is -2.04. The third kappa shape index (κ3) is 3.80. The first kappa shape index (κ1) is 18.9. The highest BCUT2D eigenvalue weighted by Gasteiger charge is 2.35. The van der Waals surface area contributed by atoms with Crippen molar-refractivity contribution >= 4 is 33.3 Å². The van der Waals surface area contributed by atoms with Gasteiger partial charge in [0.05, 0.1) is 16.5 Å². The van der Waals surface area contributed by atoms with E-state index in [0.717, 1.165) is 11.1 Å². The molecule has 3 rings (SSSR count). The zero-order valence-corrected chi connectivity index (χ0v) is 15.8. The molecule has 1 fully saturated rings. The van der Waals surface area contributed by atoms with Gasteiger partial charge < -0.3 is 10.0 Å². The van der Waals surface area contributed by atoms with Gasteiger partial charge in [0.25, 0.3) is 10.0 Å². The van der Waals surface area contributed by atoms with E-state index in [-0.39, 0.29) is 23.8 Å². The van der Waals surface area contributed by atoms with Gasteiger partial charge in [0.1, 0.15) is 0 Å². The number of rotatable bonds is 5. The highest BCUT2D eigenvalue weighted by molar-refractivity contribution is 7.92. The number of hydrogen-bond donors (Lipinski definition) is 2. The predicted molar refractivity (Wildman–Crippen MR) is 101 cm³/mol. The number of sulfonamides is 1. The molecular formula is C19H20N2O5S. The molecule has 1 amide bonds. The maximum Gasteiger partial charge on any atom is 0.308 e. The summed E-state index contributed by atoms with van der Waals surface area (Å²) in [6, 6.07) is 11.2. The molecule has 0 aromatic heterocycles. The molecule has 0 aliphatic carbocycles.